The van der Waals surface area contributed by atoms with Crippen molar-refractivity contribution in [1.82, 2.24) is 15.0 Å². The van der Waals surface area contributed by atoms with E-state index in [2.05, 4.69) is 30.9 Å². The molecule has 0 bridgehead atoms. The molecule has 1 aliphatic heterocycles. The minimum Gasteiger partial charge on any atom is -0.424 e. The number of nitrogens with zero attached hydrogens (tertiary/aromatic N) is 4. The van der Waals surface area contributed by atoms with Crippen LogP contribution in [0, 0.1) is 0 Å². The van der Waals surface area contributed by atoms with Gasteiger partial charge in [0, 0.05) is 17.6 Å². The van der Waals surface area contributed by atoms with Crippen molar-refractivity contribution in [2.45, 2.75) is 0 Å². The summed E-state index contributed by atoms with van der Waals surface area (Å²) in [5, 5.41) is 0.110. The van der Waals surface area contributed by atoms with Crippen LogP contribution in [0.2, 0.25) is 5.28 Å². The van der Waals surface area contributed by atoms with Crippen molar-refractivity contribution in [1.29, 1.82) is 0 Å². The van der Waals surface area contributed by atoms with Crippen LogP contribution in [-0.4, -0.2) is 41.3 Å². The minimum atomic E-state index is 0.110. The molecule has 1 aromatic heterocycles. The molecule has 0 aliphatic carbocycles. The molecule has 2 aromatic rings. The standard InChI is InChI=1S/C13H12BrClN4O2/c14-9-1-3-10(4-2-9)21-13-17-11(15)16-12(18-13)19-5-7-20-8-6-19/h1-4H,5-8H2. The van der Waals surface area contributed by atoms with Crippen molar-refractivity contribution < 1.29 is 9.47 Å². The maximum Gasteiger partial charge on any atom is 0.328 e. The third-order valence-corrected chi connectivity index (χ3v) is 3.59. The summed E-state index contributed by atoms with van der Waals surface area (Å²) in [4.78, 5) is 14.4. The molecule has 0 N–H and O–H groups in total. The number of hydrogen-bond donors (Lipinski definition) is 0. The molecule has 0 saturated carbocycles. The summed E-state index contributed by atoms with van der Waals surface area (Å²) in [6.45, 7) is 2.73. The SMILES string of the molecule is Clc1nc(Oc2ccc(Br)cc2)nc(N2CCOCC2)n1. The lowest BCUT2D eigenvalue weighted by Crippen LogP contribution is -2.37. The number of rotatable bonds is 3. The Hall–Kier alpha value is -1.44. The molecule has 1 aliphatic rings. The molecule has 3 rings (SSSR count). The lowest BCUT2D eigenvalue weighted by atomic mass is 10.3. The lowest BCUT2D eigenvalue weighted by Gasteiger charge is -2.26. The molecule has 8 heteroatoms. The predicted octanol–water partition coefficient (Wildman–Crippen LogP) is 2.92. The van der Waals surface area contributed by atoms with Gasteiger partial charge >= 0.3 is 6.01 Å². The van der Waals surface area contributed by atoms with Gasteiger partial charge < -0.3 is 14.4 Å². The molecule has 110 valence electrons. The smallest absolute Gasteiger partial charge is 0.328 e. The zero-order valence-electron chi connectivity index (χ0n) is 11.0. The van der Waals surface area contributed by atoms with E-state index in [-0.39, 0.29) is 11.3 Å². The van der Waals surface area contributed by atoms with Crippen LogP contribution in [0.5, 0.6) is 11.8 Å². The van der Waals surface area contributed by atoms with Gasteiger partial charge in [-0.2, -0.15) is 15.0 Å². The molecule has 21 heavy (non-hydrogen) atoms. The monoisotopic (exact) mass is 370 g/mol. The van der Waals surface area contributed by atoms with Crippen molar-refractivity contribution in [3.8, 4) is 11.8 Å². The molecule has 1 fully saturated rings. The third-order valence-electron chi connectivity index (χ3n) is 2.89. The van der Waals surface area contributed by atoms with Crippen LogP contribution < -0.4 is 9.64 Å². The van der Waals surface area contributed by atoms with E-state index in [1.807, 2.05) is 29.2 Å². The fraction of sp³-hybridized carbons (Fsp3) is 0.308. The van der Waals surface area contributed by atoms with Crippen LogP contribution in [0.1, 0.15) is 0 Å². The Morgan fingerprint density at radius 3 is 2.52 bits per heavy atom. The predicted molar refractivity (Wildman–Crippen MR) is 82.1 cm³/mol. The summed E-state index contributed by atoms with van der Waals surface area (Å²) in [7, 11) is 0. The Bertz CT molecular complexity index is 620. The highest BCUT2D eigenvalue weighted by atomic mass is 79.9. The molecule has 0 spiro atoms. The Morgan fingerprint density at radius 2 is 1.81 bits per heavy atom. The Balaban J connectivity index is 1.81. The fourth-order valence-corrected chi connectivity index (χ4v) is 2.29. The summed E-state index contributed by atoms with van der Waals surface area (Å²) >= 11 is 9.32. The average Bonchev–Trinajstić information content (AvgIpc) is 2.50. The molecular formula is C13H12BrClN4O2. The molecule has 1 saturated heterocycles. The van der Waals surface area contributed by atoms with E-state index in [1.165, 1.54) is 0 Å². The summed E-state index contributed by atoms with van der Waals surface area (Å²) in [5.41, 5.74) is 0. The number of ether oxygens (including phenoxy) is 2. The lowest BCUT2D eigenvalue weighted by molar-refractivity contribution is 0.122. The van der Waals surface area contributed by atoms with E-state index in [1.54, 1.807) is 0 Å². The maximum absolute atomic E-state index is 5.95. The van der Waals surface area contributed by atoms with E-state index in [9.17, 15) is 0 Å². The first-order valence-corrected chi connectivity index (χ1v) is 7.55. The highest BCUT2D eigenvalue weighted by Crippen LogP contribution is 2.23. The van der Waals surface area contributed by atoms with Gasteiger partial charge in [-0.25, -0.2) is 0 Å². The molecule has 0 radical (unpaired) electrons. The summed E-state index contributed by atoms with van der Waals surface area (Å²) in [6.07, 6.45) is 0. The van der Waals surface area contributed by atoms with Gasteiger partial charge in [0.05, 0.1) is 13.2 Å². The number of aromatic nitrogens is 3. The zero-order chi connectivity index (χ0) is 14.7. The number of benzene rings is 1. The zero-order valence-corrected chi connectivity index (χ0v) is 13.3. The normalized spacial score (nSPS) is 15.0. The van der Waals surface area contributed by atoms with Crippen molar-refractivity contribution >= 4 is 33.5 Å². The first-order valence-electron chi connectivity index (χ1n) is 6.38. The third kappa shape index (κ3) is 3.81. The molecule has 0 atom stereocenters. The van der Waals surface area contributed by atoms with Crippen molar-refractivity contribution in [3.05, 3.63) is 34.0 Å². The quantitative estimate of drug-likeness (QED) is 0.827. The molecule has 6 nitrogen and oxygen atoms in total. The van der Waals surface area contributed by atoms with Crippen LogP contribution in [0.15, 0.2) is 28.7 Å². The van der Waals surface area contributed by atoms with E-state index in [0.717, 1.165) is 17.6 Å². The van der Waals surface area contributed by atoms with Crippen LogP contribution in [0.4, 0.5) is 5.95 Å². The van der Waals surface area contributed by atoms with Crippen LogP contribution in [-0.2, 0) is 4.74 Å². The number of hydrogen-bond acceptors (Lipinski definition) is 6. The molecule has 0 unspecified atom stereocenters. The van der Waals surface area contributed by atoms with Gasteiger partial charge in [-0.3, -0.25) is 0 Å². The van der Waals surface area contributed by atoms with Gasteiger partial charge in [-0.05, 0) is 35.9 Å². The van der Waals surface area contributed by atoms with Gasteiger partial charge in [0.25, 0.3) is 0 Å². The second-order valence-corrected chi connectivity index (χ2v) is 5.60. The largest absolute Gasteiger partial charge is 0.424 e. The topological polar surface area (TPSA) is 60.4 Å². The van der Waals surface area contributed by atoms with Crippen molar-refractivity contribution in [3.63, 3.8) is 0 Å². The Labute approximate surface area is 135 Å². The second kappa shape index (κ2) is 6.55. The van der Waals surface area contributed by atoms with Gasteiger partial charge in [0.15, 0.2) is 0 Å². The minimum absolute atomic E-state index is 0.110. The van der Waals surface area contributed by atoms with Gasteiger partial charge in [0.2, 0.25) is 11.2 Å². The maximum atomic E-state index is 5.95. The summed E-state index contributed by atoms with van der Waals surface area (Å²) in [5.74, 6) is 1.14. The van der Waals surface area contributed by atoms with E-state index in [4.69, 9.17) is 21.1 Å². The van der Waals surface area contributed by atoms with Crippen LogP contribution >= 0.6 is 27.5 Å². The van der Waals surface area contributed by atoms with Gasteiger partial charge in [-0.15, -0.1) is 0 Å². The number of halogens is 2. The van der Waals surface area contributed by atoms with Gasteiger partial charge in [-0.1, -0.05) is 15.9 Å². The van der Waals surface area contributed by atoms with E-state index >= 15 is 0 Å². The van der Waals surface area contributed by atoms with Crippen LogP contribution in [0.3, 0.4) is 0 Å². The summed E-state index contributed by atoms with van der Waals surface area (Å²) in [6, 6.07) is 7.56. The number of anilines is 1. The van der Waals surface area contributed by atoms with Crippen molar-refractivity contribution in [2.24, 2.45) is 0 Å². The van der Waals surface area contributed by atoms with E-state index in [0.29, 0.717) is 24.9 Å². The Morgan fingerprint density at radius 1 is 1.10 bits per heavy atom. The first-order chi connectivity index (χ1) is 10.2. The fourth-order valence-electron chi connectivity index (χ4n) is 1.88. The van der Waals surface area contributed by atoms with E-state index < -0.39 is 0 Å². The average molecular weight is 372 g/mol. The summed E-state index contributed by atoms with van der Waals surface area (Å²) < 4.78 is 11.9. The van der Waals surface area contributed by atoms with Crippen LogP contribution in [0.25, 0.3) is 0 Å². The number of morpholine rings is 1. The molecule has 2 heterocycles. The highest BCUT2D eigenvalue weighted by molar-refractivity contribution is 9.10. The highest BCUT2D eigenvalue weighted by Gasteiger charge is 2.16. The molecule has 0 amide bonds. The Kier molecular flexibility index (Phi) is 4.52. The molecular weight excluding hydrogens is 360 g/mol. The first kappa shape index (κ1) is 14.5. The van der Waals surface area contributed by atoms with Crippen molar-refractivity contribution in [2.75, 3.05) is 31.2 Å². The second-order valence-electron chi connectivity index (χ2n) is 4.34. The van der Waals surface area contributed by atoms with Gasteiger partial charge in [0.1, 0.15) is 5.75 Å². The molecule has 1 aromatic carbocycles.